The zero-order chi connectivity index (χ0) is 18.1. The molecular formula is C18H16ClFN2O3. The Morgan fingerprint density at radius 1 is 1.32 bits per heavy atom. The number of urea groups is 1. The summed E-state index contributed by atoms with van der Waals surface area (Å²) in [6.45, 7) is 0.365. The lowest BCUT2D eigenvalue weighted by atomic mass is 10.0. The molecule has 1 aliphatic rings. The average Bonchev–Trinajstić information content (AvgIpc) is 2.60. The molecule has 0 radical (unpaired) electrons. The van der Waals surface area contributed by atoms with Gasteiger partial charge in [0.05, 0.1) is 24.9 Å². The summed E-state index contributed by atoms with van der Waals surface area (Å²) in [6.07, 6.45) is 0. The van der Waals surface area contributed by atoms with Gasteiger partial charge in [0.2, 0.25) is 0 Å². The Labute approximate surface area is 149 Å². The number of amides is 2. The maximum atomic E-state index is 14.2. The fourth-order valence-electron chi connectivity index (χ4n) is 2.82. The molecule has 1 aliphatic heterocycles. The van der Waals surface area contributed by atoms with Gasteiger partial charge in [-0.3, -0.25) is 4.90 Å². The first-order valence-electron chi connectivity index (χ1n) is 7.59. The van der Waals surface area contributed by atoms with Crippen LogP contribution in [0, 0.1) is 5.82 Å². The van der Waals surface area contributed by atoms with E-state index in [1.807, 2.05) is 0 Å². The third-order valence-corrected chi connectivity index (χ3v) is 4.49. The van der Waals surface area contributed by atoms with E-state index in [-0.39, 0.29) is 23.2 Å². The molecular weight excluding hydrogens is 347 g/mol. The molecule has 0 fully saturated rings. The Kier molecular flexibility index (Phi) is 4.63. The number of nitrogens with zero attached hydrogens (tertiary/aromatic N) is 2. The van der Waals surface area contributed by atoms with E-state index < -0.39 is 11.8 Å². The van der Waals surface area contributed by atoms with Gasteiger partial charge >= 0.3 is 12.0 Å². The first kappa shape index (κ1) is 17.2. The van der Waals surface area contributed by atoms with Crippen molar-refractivity contribution in [3.63, 3.8) is 0 Å². The van der Waals surface area contributed by atoms with E-state index in [1.165, 1.54) is 29.0 Å². The van der Waals surface area contributed by atoms with Crippen molar-refractivity contribution in [3.8, 4) is 0 Å². The predicted molar refractivity (Wildman–Crippen MR) is 92.2 cm³/mol. The van der Waals surface area contributed by atoms with Gasteiger partial charge in [0.15, 0.2) is 0 Å². The van der Waals surface area contributed by atoms with E-state index in [0.717, 1.165) is 5.56 Å². The summed E-state index contributed by atoms with van der Waals surface area (Å²) in [5, 5.41) is 0.242. The number of hydrogen-bond acceptors (Lipinski definition) is 3. The number of rotatable bonds is 3. The molecule has 0 atom stereocenters. The third-order valence-electron chi connectivity index (χ3n) is 4.14. The van der Waals surface area contributed by atoms with Crippen molar-refractivity contribution in [3.05, 3.63) is 63.9 Å². The van der Waals surface area contributed by atoms with Crippen LogP contribution >= 0.6 is 11.6 Å². The standard InChI is InChI=1S/C18H16ClFN2O3/c1-21-9-12-7-6-11(17(23)25-2)8-16(12)22(18(21)24)10-13-14(19)4-3-5-15(13)20/h3-8H,9-10H2,1-2H3. The number of fused-ring (bicyclic) bond motifs is 1. The molecule has 0 N–H and O–H groups in total. The van der Waals surface area contributed by atoms with E-state index in [0.29, 0.717) is 17.8 Å². The summed E-state index contributed by atoms with van der Waals surface area (Å²) in [5.41, 5.74) is 1.94. The first-order valence-corrected chi connectivity index (χ1v) is 7.97. The molecule has 5 nitrogen and oxygen atoms in total. The smallest absolute Gasteiger partial charge is 0.337 e. The number of methoxy groups -OCH3 is 1. The summed E-state index contributed by atoms with van der Waals surface area (Å²) in [4.78, 5) is 27.4. The summed E-state index contributed by atoms with van der Waals surface area (Å²) in [7, 11) is 2.95. The second kappa shape index (κ2) is 6.72. The van der Waals surface area contributed by atoms with Crippen LogP contribution in [0.1, 0.15) is 21.5 Å². The minimum absolute atomic E-state index is 0.0354. The lowest BCUT2D eigenvalue weighted by Gasteiger charge is -2.35. The predicted octanol–water partition coefficient (Wildman–Crippen LogP) is 3.84. The van der Waals surface area contributed by atoms with Crippen LogP contribution in [0.3, 0.4) is 0 Å². The van der Waals surface area contributed by atoms with Gasteiger partial charge in [-0.2, -0.15) is 0 Å². The molecule has 1 heterocycles. The highest BCUT2D eigenvalue weighted by atomic mass is 35.5. The molecule has 0 saturated heterocycles. The molecule has 2 aromatic rings. The van der Waals surface area contributed by atoms with Crippen LogP contribution in [0.15, 0.2) is 36.4 Å². The SMILES string of the molecule is COC(=O)c1ccc2c(c1)N(Cc1c(F)cccc1Cl)C(=O)N(C)C2. The van der Waals surface area contributed by atoms with Crippen molar-refractivity contribution >= 4 is 29.3 Å². The molecule has 2 amide bonds. The summed E-state index contributed by atoms with van der Waals surface area (Å²) < 4.78 is 18.9. The van der Waals surface area contributed by atoms with Crippen LogP contribution in [0.5, 0.6) is 0 Å². The Balaban J connectivity index is 2.07. The number of anilines is 1. The van der Waals surface area contributed by atoms with E-state index in [9.17, 15) is 14.0 Å². The summed E-state index contributed by atoms with van der Waals surface area (Å²) in [5.74, 6) is -0.989. The number of ether oxygens (including phenoxy) is 1. The molecule has 130 valence electrons. The highest BCUT2D eigenvalue weighted by molar-refractivity contribution is 6.31. The molecule has 0 bridgehead atoms. The molecule has 0 aliphatic carbocycles. The zero-order valence-corrected chi connectivity index (χ0v) is 14.5. The number of carbonyl (C=O) groups is 2. The largest absolute Gasteiger partial charge is 0.465 e. The van der Waals surface area contributed by atoms with E-state index >= 15 is 0 Å². The van der Waals surface area contributed by atoms with Crippen LogP contribution in [-0.2, 0) is 17.8 Å². The highest BCUT2D eigenvalue weighted by Gasteiger charge is 2.30. The van der Waals surface area contributed by atoms with Crippen molar-refractivity contribution in [1.82, 2.24) is 4.90 Å². The minimum Gasteiger partial charge on any atom is -0.465 e. The van der Waals surface area contributed by atoms with Crippen molar-refractivity contribution < 1.29 is 18.7 Å². The van der Waals surface area contributed by atoms with Crippen molar-refractivity contribution in [2.45, 2.75) is 13.1 Å². The summed E-state index contributed by atoms with van der Waals surface area (Å²) in [6, 6.07) is 9.07. The normalized spacial score (nSPS) is 13.7. The number of hydrogen-bond donors (Lipinski definition) is 0. The van der Waals surface area contributed by atoms with Crippen molar-refractivity contribution in [1.29, 1.82) is 0 Å². The van der Waals surface area contributed by atoms with Crippen LogP contribution in [0.4, 0.5) is 14.9 Å². The Bertz CT molecular complexity index is 836. The van der Waals surface area contributed by atoms with Gasteiger partial charge in [0.1, 0.15) is 5.82 Å². The number of benzene rings is 2. The minimum atomic E-state index is -0.502. The quantitative estimate of drug-likeness (QED) is 0.779. The Morgan fingerprint density at radius 2 is 2.08 bits per heavy atom. The van der Waals surface area contributed by atoms with E-state index in [2.05, 4.69) is 0 Å². The maximum Gasteiger partial charge on any atom is 0.337 e. The fraction of sp³-hybridized carbons (Fsp3) is 0.222. The summed E-state index contributed by atoms with van der Waals surface area (Å²) >= 11 is 6.10. The van der Waals surface area contributed by atoms with E-state index in [1.54, 1.807) is 31.3 Å². The van der Waals surface area contributed by atoms with Gasteiger partial charge in [-0.15, -0.1) is 0 Å². The van der Waals surface area contributed by atoms with Gasteiger partial charge in [-0.05, 0) is 29.8 Å². The van der Waals surface area contributed by atoms with E-state index in [4.69, 9.17) is 16.3 Å². The molecule has 25 heavy (non-hydrogen) atoms. The van der Waals surface area contributed by atoms with Gasteiger partial charge < -0.3 is 9.64 Å². The third kappa shape index (κ3) is 3.17. The fourth-order valence-corrected chi connectivity index (χ4v) is 3.04. The number of esters is 1. The highest BCUT2D eigenvalue weighted by Crippen LogP contribution is 2.32. The van der Waals surface area contributed by atoms with Crippen LogP contribution in [0.25, 0.3) is 0 Å². The van der Waals surface area contributed by atoms with Crippen molar-refractivity contribution in [2.24, 2.45) is 0 Å². The molecule has 0 saturated carbocycles. The van der Waals surface area contributed by atoms with Gasteiger partial charge in [0, 0.05) is 24.2 Å². The number of halogens is 2. The molecule has 0 unspecified atom stereocenters. The van der Waals surface area contributed by atoms with Crippen molar-refractivity contribution in [2.75, 3.05) is 19.1 Å². The average molecular weight is 363 g/mol. The van der Waals surface area contributed by atoms with Gasteiger partial charge in [-0.1, -0.05) is 23.7 Å². The van der Waals surface area contributed by atoms with Crippen LogP contribution < -0.4 is 4.90 Å². The van der Waals surface area contributed by atoms with Crippen LogP contribution in [0.2, 0.25) is 5.02 Å². The van der Waals surface area contributed by atoms with Gasteiger partial charge in [0.25, 0.3) is 0 Å². The molecule has 0 aromatic heterocycles. The molecule has 2 aromatic carbocycles. The Morgan fingerprint density at radius 3 is 2.76 bits per heavy atom. The molecule has 0 spiro atoms. The second-order valence-corrected chi connectivity index (χ2v) is 6.17. The molecule has 7 heteroatoms. The zero-order valence-electron chi connectivity index (χ0n) is 13.8. The maximum absolute atomic E-state index is 14.2. The first-order chi connectivity index (χ1) is 11.9. The number of carbonyl (C=O) groups excluding carboxylic acids is 2. The van der Waals surface area contributed by atoms with Crippen LogP contribution in [-0.4, -0.2) is 31.1 Å². The van der Waals surface area contributed by atoms with Gasteiger partial charge in [-0.25, -0.2) is 14.0 Å². The Hall–Kier alpha value is -2.60. The monoisotopic (exact) mass is 362 g/mol. The lowest BCUT2D eigenvalue weighted by molar-refractivity contribution is 0.0600. The lowest BCUT2D eigenvalue weighted by Crippen LogP contribution is -2.45. The topological polar surface area (TPSA) is 49.9 Å². The molecule has 3 rings (SSSR count). The second-order valence-electron chi connectivity index (χ2n) is 5.76.